The van der Waals surface area contributed by atoms with Crippen molar-refractivity contribution in [2.24, 2.45) is 0 Å². The molecule has 19 heavy (non-hydrogen) atoms. The van der Waals surface area contributed by atoms with E-state index in [1.54, 1.807) is 0 Å². The first-order valence-corrected chi connectivity index (χ1v) is 6.85. The van der Waals surface area contributed by atoms with Gasteiger partial charge < -0.3 is 14.4 Å². The summed E-state index contributed by atoms with van der Waals surface area (Å²) in [5.41, 5.74) is 2.00. The minimum Gasteiger partial charge on any atom is -0.487 e. The van der Waals surface area contributed by atoms with Crippen molar-refractivity contribution < 1.29 is 14.3 Å². The predicted octanol–water partition coefficient (Wildman–Crippen LogP) is 2.29. The van der Waals surface area contributed by atoms with Gasteiger partial charge in [-0.15, -0.1) is 0 Å². The molecule has 0 spiro atoms. The molecule has 3 rings (SSSR count). The molecular weight excluding hydrogens is 242 g/mol. The second-order valence-electron chi connectivity index (χ2n) is 5.35. The molecule has 1 aromatic carbocycles. The number of nitrogens with zero attached hydrogens (tertiary/aromatic N) is 1. The number of carbonyl (C=O) groups is 1. The SMILES string of the molecule is Cc1ccc2c(c1)O[C@@H](C)CN2C(=O)[C@H]1CCCO1. The van der Waals surface area contributed by atoms with Crippen LogP contribution in [0.3, 0.4) is 0 Å². The topological polar surface area (TPSA) is 38.8 Å². The van der Waals surface area contributed by atoms with Crippen molar-refractivity contribution in [2.75, 3.05) is 18.1 Å². The average Bonchev–Trinajstić information content (AvgIpc) is 2.90. The summed E-state index contributed by atoms with van der Waals surface area (Å²) in [4.78, 5) is 14.4. The number of rotatable bonds is 1. The van der Waals surface area contributed by atoms with Crippen LogP contribution >= 0.6 is 0 Å². The normalized spacial score (nSPS) is 25.9. The van der Waals surface area contributed by atoms with E-state index in [2.05, 4.69) is 0 Å². The molecule has 0 aromatic heterocycles. The smallest absolute Gasteiger partial charge is 0.256 e. The van der Waals surface area contributed by atoms with E-state index < -0.39 is 0 Å². The summed E-state index contributed by atoms with van der Waals surface area (Å²) < 4.78 is 11.3. The monoisotopic (exact) mass is 261 g/mol. The minimum absolute atomic E-state index is 0.0136. The highest BCUT2D eigenvalue weighted by atomic mass is 16.5. The largest absolute Gasteiger partial charge is 0.487 e. The van der Waals surface area contributed by atoms with Crippen molar-refractivity contribution in [1.82, 2.24) is 0 Å². The number of carbonyl (C=O) groups excluding carboxylic acids is 1. The van der Waals surface area contributed by atoms with Crippen LogP contribution in [0.15, 0.2) is 18.2 Å². The van der Waals surface area contributed by atoms with E-state index in [4.69, 9.17) is 9.47 Å². The van der Waals surface area contributed by atoms with Gasteiger partial charge in [0.1, 0.15) is 18.0 Å². The standard InChI is InChI=1S/C15H19NO3/c1-10-5-6-12-14(8-10)19-11(2)9-16(12)15(17)13-4-3-7-18-13/h5-6,8,11,13H,3-4,7,9H2,1-2H3/t11-,13+/m0/s1. The van der Waals surface area contributed by atoms with E-state index in [1.165, 1.54) is 0 Å². The van der Waals surface area contributed by atoms with Crippen molar-refractivity contribution in [3.05, 3.63) is 23.8 Å². The van der Waals surface area contributed by atoms with Gasteiger partial charge in [0.2, 0.25) is 0 Å². The number of hydrogen-bond donors (Lipinski definition) is 0. The molecule has 1 saturated heterocycles. The van der Waals surface area contributed by atoms with Gasteiger partial charge in [-0.25, -0.2) is 0 Å². The van der Waals surface area contributed by atoms with Gasteiger partial charge in [0.25, 0.3) is 5.91 Å². The summed E-state index contributed by atoms with van der Waals surface area (Å²) in [6.45, 7) is 5.29. The zero-order valence-electron chi connectivity index (χ0n) is 11.4. The van der Waals surface area contributed by atoms with Crippen molar-refractivity contribution in [2.45, 2.75) is 38.9 Å². The van der Waals surface area contributed by atoms with Crippen LogP contribution < -0.4 is 9.64 Å². The first kappa shape index (κ1) is 12.5. The van der Waals surface area contributed by atoms with E-state index in [0.717, 1.165) is 29.8 Å². The van der Waals surface area contributed by atoms with Gasteiger partial charge in [0.05, 0.1) is 12.2 Å². The first-order valence-electron chi connectivity index (χ1n) is 6.85. The number of ether oxygens (including phenoxy) is 2. The molecule has 0 N–H and O–H groups in total. The lowest BCUT2D eigenvalue weighted by molar-refractivity contribution is -0.127. The Hall–Kier alpha value is -1.55. The van der Waals surface area contributed by atoms with Crippen molar-refractivity contribution >= 4 is 11.6 Å². The molecule has 0 bridgehead atoms. The van der Waals surface area contributed by atoms with Crippen LogP contribution in [0.4, 0.5) is 5.69 Å². The van der Waals surface area contributed by atoms with Gasteiger partial charge >= 0.3 is 0 Å². The summed E-state index contributed by atoms with van der Waals surface area (Å²) >= 11 is 0. The maximum absolute atomic E-state index is 12.5. The second-order valence-corrected chi connectivity index (χ2v) is 5.35. The molecule has 0 unspecified atom stereocenters. The Labute approximate surface area is 113 Å². The van der Waals surface area contributed by atoms with Crippen LogP contribution in [0, 0.1) is 6.92 Å². The zero-order chi connectivity index (χ0) is 13.4. The fourth-order valence-corrected chi connectivity index (χ4v) is 2.70. The summed E-state index contributed by atoms with van der Waals surface area (Å²) in [5, 5.41) is 0. The van der Waals surface area contributed by atoms with Crippen molar-refractivity contribution in [3.63, 3.8) is 0 Å². The third kappa shape index (κ3) is 2.32. The van der Waals surface area contributed by atoms with Gasteiger partial charge in [-0.05, 0) is 44.4 Å². The summed E-state index contributed by atoms with van der Waals surface area (Å²) in [7, 11) is 0. The number of benzene rings is 1. The van der Waals surface area contributed by atoms with Gasteiger partial charge in [-0.2, -0.15) is 0 Å². The summed E-state index contributed by atoms with van der Waals surface area (Å²) in [5.74, 6) is 0.864. The highest BCUT2D eigenvalue weighted by Gasteiger charge is 2.34. The van der Waals surface area contributed by atoms with Gasteiger partial charge in [-0.3, -0.25) is 4.79 Å². The molecule has 0 radical (unpaired) electrons. The van der Waals surface area contributed by atoms with E-state index >= 15 is 0 Å². The molecule has 1 aromatic rings. The Morgan fingerprint density at radius 2 is 2.26 bits per heavy atom. The molecule has 2 atom stereocenters. The fraction of sp³-hybridized carbons (Fsp3) is 0.533. The fourth-order valence-electron chi connectivity index (χ4n) is 2.70. The Morgan fingerprint density at radius 3 is 3.00 bits per heavy atom. The van der Waals surface area contributed by atoms with Crippen LogP contribution in [-0.2, 0) is 9.53 Å². The number of aryl methyl sites for hydroxylation is 1. The Balaban J connectivity index is 1.92. The maximum Gasteiger partial charge on any atom is 0.256 e. The summed E-state index contributed by atoms with van der Waals surface area (Å²) in [6, 6.07) is 5.96. The van der Waals surface area contributed by atoms with Crippen LogP contribution in [0.25, 0.3) is 0 Å². The molecular formula is C15H19NO3. The van der Waals surface area contributed by atoms with Gasteiger partial charge in [0.15, 0.2) is 0 Å². The molecule has 1 fully saturated rings. The van der Waals surface area contributed by atoms with Crippen LogP contribution in [0.1, 0.15) is 25.3 Å². The van der Waals surface area contributed by atoms with Crippen molar-refractivity contribution in [1.29, 1.82) is 0 Å². The van der Waals surface area contributed by atoms with E-state index in [1.807, 2.05) is 36.9 Å². The van der Waals surface area contributed by atoms with E-state index in [0.29, 0.717) is 13.2 Å². The Bertz CT molecular complexity index is 494. The van der Waals surface area contributed by atoms with Gasteiger partial charge in [-0.1, -0.05) is 6.07 Å². The number of fused-ring (bicyclic) bond motifs is 1. The van der Waals surface area contributed by atoms with Crippen LogP contribution in [0.5, 0.6) is 5.75 Å². The lowest BCUT2D eigenvalue weighted by atomic mass is 10.1. The Morgan fingerprint density at radius 1 is 1.42 bits per heavy atom. The number of hydrogen-bond acceptors (Lipinski definition) is 3. The minimum atomic E-state index is -0.278. The van der Waals surface area contributed by atoms with Crippen molar-refractivity contribution in [3.8, 4) is 5.75 Å². The molecule has 2 heterocycles. The number of anilines is 1. The molecule has 2 aliphatic rings. The van der Waals surface area contributed by atoms with E-state index in [-0.39, 0.29) is 18.1 Å². The summed E-state index contributed by atoms with van der Waals surface area (Å²) in [6.07, 6.45) is 1.53. The quantitative estimate of drug-likeness (QED) is 0.778. The van der Waals surface area contributed by atoms with Crippen LogP contribution in [0.2, 0.25) is 0 Å². The lowest BCUT2D eigenvalue weighted by Gasteiger charge is -2.34. The highest BCUT2D eigenvalue weighted by molar-refractivity contribution is 5.98. The zero-order valence-corrected chi connectivity index (χ0v) is 11.4. The first-order chi connectivity index (χ1) is 9.15. The van der Waals surface area contributed by atoms with E-state index in [9.17, 15) is 4.79 Å². The second kappa shape index (κ2) is 4.85. The lowest BCUT2D eigenvalue weighted by Crippen LogP contribution is -2.46. The average molecular weight is 261 g/mol. The van der Waals surface area contributed by atoms with Crippen LogP contribution in [-0.4, -0.2) is 31.3 Å². The molecule has 0 saturated carbocycles. The maximum atomic E-state index is 12.5. The molecule has 0 aliphatic carbocycles. The third-order valence-corrected chi connectivity index (χ3v) is 3.65. The third-order valence-electron chi connectivity index (χ3n) is 3.65. The molecule has 2 aliphatic heterocycles. The molecule has 4 nitrogen and oxygen atoms in total. The molecule has 4 heteroatoms. The Kier molecular flexibility index (Phi) is 3.19. The predicted molar refractivity (Wildman–Crippen MR) is 72.6 cm³/mol. The highest BCUT2D eigenvalue weighted by Crippen LogP contribution is 2.35. The number of amides is 1. The van der Waals surface area contributed by atoms with Gasteiger partial charge in [0, 0.05) is 6.61 Å². The molecule has 1 amide bonds. The molecule has 102 valence electrons.